The highest BCUT2D eigenvalue weighted by molar-refractivity contribution is 5.93. The first-order valence-electron chi connectivity index (χ1n) is 8.73. The Balaban J connectivity index is 1.85. The van der Waals surface area contributed by atoms with Gasteiger partial charge in [-0.15, -0.1) is 0 Å². The van der Waals surface area contributed by atoms with Gasteiger partial charge < -0.3 is 19.6 Å². The quantitative estimate of drug-likeness (QED) is 0.784. The van der Waals surface area contributed by atoms with E-state index < -0.39 is 0 Å². The summed E-state index contributed by atoms with van der Waals surface area (Å²) >= 11 is 0. The number of benzene rings is 2. The Morgan fingerprint density at radius 2 is 1.81 bits per heavy atom. The number of hydrogen-bond acceptors (Lipinski definition) is 6. The predicted octanol–water partition coefficient (Wildman–Crippen LogP) is 2.91. The Hall–Kier alpha value is -2.86. The van der Waals surface area contributed by atoms with E-state index in [0.717, 1.165) is 48.7 Å². The number of ether oxygens (including phenoxy) is 1. The van der Waals surface area contributed by atoms with Crippen LogP contribution in [-0.2, 0) is 4.74 Å². The molecule has 2 heterocycles. The normalized spacial score (nSPS) is 14.6. The van der Waals surface area contributed by atoms with Gasteiger partial charge in [-0.05, 0) is 30.3 Å². The van der Waals surface area contributed by atoms with Gasteiger partial charge in [0.15, 0.2) is 5.82 Å². The first kappa shape index (κ1) is 16.6. The number of anilines is 2. The first-order chi connectivity index (χ1) is 12.6. The summed E-state index contributed by atoms with van der Waals surface area (Å²) < 4.78 is 5.45. The predicted molar refractivity (Wildman–Crippen MR) is 104 cm³/mol. The molecule has 26 heavy (non-hydrogen) atoms. The third kappa shape index (κ3) is 3.04. The molecular formula is C20H22N4O2. The average molecular weight is 350 g/mol. The third-order valence-electron chi connectivity index (χ3n) is 4.60. The molecule has 6 heteroatoms. The van der Waals surface area contributed by atoms with E-state index >= 15 is 0 Å². The molecule has 1 aliphatic heterocycles. The largest absolute Gasteiger partial charge is 0.507 e. The summed E-state index contributed by atoms with van der Waals surface area (Å²) in [5, 5.41) is 11.2. The van der Waals surface area contributed by atoms with E-state index in [1.807, 2.05) is 37.2 Å². The molecule has 1 N–H and O–H groups in total. The molecule has 4 rings (SSSR count). The fourth-order valence-corrected chi connectivity index (χ4v) is 3.24. The van der Waals surface area contributed by atoms with Crippen molar-refractivity contribution in [2.75, 3.05) is 50.2 Å². The molecular weight excluding hydrogens is 328 g/mol. The molecule has 134 valence electrons. The maximum Gasteiger partial charge on any atom is 0.165 e. The molecule has 0 saturated carbocycles. The van der Waals surface area contributed by atoms with E-state index in [0.29, 0.717) is 11.4 Å². The fourth-order valence-electron chi connectivity index (χ4n) is 3.24. The zero-order chi connectivity index (χ0) is 18.1. The van der Waals surface area contributed by atoms with E-state index in [9.17, 15) is 5.11 Å². The lowest BCUT2D eigenvalue weighted by molar-refractivity contribution is 0.122. The Morgan fingerprint density at radius 1 is 1.04 bits per heavy atom. The van der Waals surface area contributed by atoms with E-state index in [1.165, 1.54) is 0 Å². The van der Waals surface area contributed by atoms with Crippen LogP contribution in [0, 0.1) is 0 Å². The van der Waals surface area contributed by atoms with E-state index in [-0.39, 0.29) is 5.75 Å². The lowest BCUT2D eigenvalue weighted by Gasteiger charge is -2.29. The summed E-state index contributed by atoms with van der Waals surface area (Å²) in [6.07, 6.45) is 0. The van der Waals surface area contributed by atoms with Crippen LogP contribution in [0.1, 0.15) is 0 Å². The second kappa shape index (κ2) is 6.80. The molecule has 1 saturated heterocycles. The minimum atomic E-state index is 0.182. The smallest absolute Gasteiger partial charge is 0.165 e. The molecule has 0 radical (unpaired) electrons. The second-order valence-corrected chi connectivity index (χ2v) is 6.58. The summed E-state index contributed by atoms with van der Waals surface area (Å²) in [5.74, 6) is 1.54. The van der Waals surface area contributed by atoms with Gasteiger partial charge in [0.1, 0.15) is 11.6 Å². The summed E-state index contributed by atoms with van der Waals surface area (Å²) in [6.45, 7) is 3.28. The van der Waals surface area contributed by atoms with Crippen LogP contribution in [0.25, 0.3) is 22.3 Å². The minimum Gasteiger partial charge on any atom is -0.507 e. The zero-order valence-corrected chi connectivity index (χ0v) is 15.0. The molecule has 0 aliphatic carbocycles. The lowest BCUT2D eigenvalue weighted by atomic mass is 10.1. The topological polar surface area (TPSA) is 61.7 Å². The third-order valence-corrected chi connectivity index (χ3v) is 4.60. The van der Waals surface area contributed by atoms with Crippen molar-refractivity contribution < 1.29 is 9.84 Å². The van der Waals surface area contributed by atoms with Crippen LogP contribution in [0.4, 0.5) is 11.5 Å². The molecule has 2 aromatic carbocycles. The number of fused-ring (bicyclic) bond motifs is 1. The first-order valence-corrected chi connectivity index (χ1v) is 8.73. The zero-order valence-electron chi connectivity index (χ0n) is 15.0. The van der Waals surface area contributed by atoms with Gasteiger partial charge in [-0.1, -0.05) is 12.1 Å². The Morgan fingerprint density at radius 3 is 2.54 bits per heavy atom. The van der Waals surface area contributed by atoms with Crippen LogP contribution >= 0.6 is 0 Å². The molecule has 1 aromatic heterocycles. The summed E-state index contributed by atoms with van der Waals surface area (Å²) in [7, 11) is 3.94. The SMILES string of the molecule is CN(C)c1nc(-c2ccccc2O)nc2ccc(N3CCOCC3)cc12. The van der Waals surface area contributed by atoms with Gasteiger partial charge in [0.25, 0.3) is 0 Å². The van der Waals surface area contributed by atoms with E-state index in [4.69, 9.17) is 14.7 Å². The average Bonchev–Trinajstić information content (AvgIpc) is 2.67. The van der Waals surface area contributed by atoms with Crippen molar-refractivity contribution in [3.8, 4) is 17.1 Å². The molecule has 1 aliphatic rings. The van der Waals surface area contributed by atoms with Crippen LogP contribution in [0.5, 0.6) is 5.75 Å². The number of para-hydroxylation sites is 1. The van der Waals surface area contributed by atoms with Crippen LogP contribution < -0.4 is 9.80 Å². The minimum absolute atomic E-state index is 0.182. The van der Waals surface area contributed by atoms with Gasteiger partial charge in [0.2, 0.25) is 0 Å². The number of phenolic OH excluding ortho intramolecular Hbond substituents is 1. The van der Waals surface area contributed by atoms with Gasteiger partial charge >= 0.3 is 0 Å². The number of hydrogen-bond donors (Lipinski definition) is 1. The molecule has 0 bridgehead atoms. The standard InChI is InChI=1S/C20H22N4O2/c1-23(2)20-16-13-14(24-9-11-26-12-10-24)7-8-17(16)21-19(22-20)15-5-3-4-6-18(15)25/h3-8,13,25H,9-12H2,1-2H3. The Bertz CT molecular complexity index is 936. The maximum atomic E-state index is 10.2. The highest BCUT2D eigenvalue weighted by Crippen LogP contribution is 2.32. The van der Waals surface area contributed by atoms with Crippen molar-refractivity contribution in [3.63, 3.8) is 0 Å². The number of aromatic nitrogens is 2. The van der Waals surface area contributed by atoms with Crippen LogP contribution in [0.2, 0.25) is 0 Å². The lowest BCUT2D eigenvalue weighted by Crippen LogP contribution is -2.36. The molecule has 0 unspecified atom stereocenters. The van der Waals surface area contributed by atoms with Crippen molar-refractivity contribution in [1.29, 1.82) is 0 Å². The number of nitrogens with zero attached hydrogens (tertiary/aromatic N) is 4. The van der Waals surface area contributed by atoms with Crippen molar-refractivity contribution in [1.82, 2.24) is 9.97 Å². The van der Waals surface area contributed by atoms with Gasteiger partial charge in [-0.2, -0.15) is 0 Å². The molecule has 1 fully saturated rings. The van der Waals surface area contributed by atoms with Gasteiger partial charge in [-0.3, -0.25) is 0 Å². The Kier molecular flexibility index (Phi) is 4.34. The molecule has 0 atom stereocenters. The number of morpholine rings is 1. The second-order valence-electron chi connectivity index (χ2n) is 6.58. The van der Waals surface area contributed by atoms with Gasteiger partial charge in [0, 0.05) is 38.3 Å². The van der Waals surface area contributed by atoms with Crippen LogP contribution in [0.15, 0.2) is 42.5 Å². The molecule has 0 amide bonds. The summed E-state index contributed by atoms with van der Waals surface area (Å²) in [6, 6.07) is 13.4. The highest BCUT2D eigenvalue weighted by Gasteiger charge is 2.16. The van der Waals surface area contributed by atoms with E-state index in [1.54, 1.807) is 12.1 Å². The fraction of sp³-hybridized carbons (Fsp3) is 0.300. The Labute approximate surface area is 152 Å². The molecule has 6 nitrogen and oxygen atoms in total. The van der Waals surface area contributed by atoms with Gasteiger partial charge in [0.05, 0.1) is 24.3 Å². The highest BCUT2D eigenvalue weighted by atomic mass is 16.5. The van der Waals surface area contributed by atoms with Crippen molar-refractivity contribution in [3.05, 3.63) is 42.5 Å². The number of aromatic hydroxyl groups is 1. The monoisotopic (exact) mass is 350 g/mol. The van der Waals surface area contributed by atoms with E-state index in [2.05, 4.69) is 17.0 Å². The van der Waals surface area contributed by atoms with Crippen molar-refractivity contribution in [2.24, 2.45) is 0 Å². The van der Waals surface area contributed by atoms with Crippen LogP contribution in [-0.4, -0.2) is 55.5 Å². The summed E-state index contributed by atoms with van der Waals surface area (Å²) in [4.78, 5) is 13.7. The number of phenols is 1. The maximum absolute atomic E-state index is 10.2. The molecule has 3 aromatic rings. The number of rotatable bonds is 3. The van der Waals surface area contributed by atoms with Crippen molar-refractivity contribution >= 4 is 22.4 Å². The molecule has 0 spiro atoms. The van der Waals surface area contributed by atoms with Crippen LogP contribution in [0.3, 0.4) is 0 Å². The van der Waals surface area contributed by atoms with Gasteiger partial charge in [-0.25, -0.2) is 9.97 Å². The van der Waals surface area contributed by atoms with Crippen molar-refractivity contribution in [2.45, 2.75) is 0 Å². The summed E-state index contributed by atoms with van der Waals surface area (Å²) in [5.41, 5.74) is 2.65.